The summed E-state index contributed by atoms with van der Waals surface area (Å²) >= 11 is 0. The molecule has 0 bridgehead atoms. The Labute approximate surface area is 196 Å². The van der Waals surface area contributed by atoms with Crippen molar-refractivity contribution in [3.63, 3.8) is 0 Å². The summed E-state index contributed by atoms with van der Waals surface area (Å²) in [6.07, 6.45) is 0.979. The van der Waals surface area contributed by atoms with Crippen LogP contribution in [0.3, 0.4) is 0 Å². The van der Waals surface area contributed by atoms with Gasteiger partial charge >= 0.3 is 17.6 Å². The molecule has 0 saturated carbocycles. The summed E-state index contributed by atoms with van der Waals surface area (Å²) < 4.78 is 22.4. The van der Waals surface area contributed by atoms with Gasteiger partial charge in [-0.2, -0.15) is 0 Å². The van der Waals surface area contributed by atoms with Crippen LogP contribution in [0, 0.1) is 15.9 Å². The average molecular weight is 484 g/mol. The quantitative estimate of drug-likeness (QED) is 0.243. The van der Waals surface area contributed by atoms with E-state index in [-0.39, 0.29) is 34.0 Å². The number of halogens is 1. The molecule has 3 N–H and O–H groups in total. The van der Waals surface area contributed by atoms with Crippen LogP contribution in [0.15, 0.2) is 48.8 Å². The number of anilines is 3. The molecule has 0 fully saturated rings. The molecule has 0 aliphatic carbocycles. The minimum absolute atomic E-state index is 0.0282. The van der Waals surface area contributed by atoms with E-state index in [4.69, 9.17) is 0 Å². The Hall–Kier alpha value is -5.14. The molecule has 3 aromatic rings. The van der Waals surface area contributed by atoms with E-state index in [2.05, 4.69) is 35.6 Å². The van der Waals surface area contributed by atoms with Crippen LogP contribution >= 0.6 is 0 Å². The van der Waals surface area contributed by atoms with Crippen molar-refractivity contribution in [1.82, 2.24) is 15.4 Å². The van der Waals surface area contributed by atoms with Crippen molar-refractivity contribution in [1.29, 1.82) is 0 Å². The number of methoxy groups -OCH3 is 2. The van der Waals surface area contributed by atoms with Crippen molar-refractivity contribution in [3.05, 3.63) is 81.4 Å². The normalized spacial score (nSPS) is 10.1. The number of aromatic nitrogens is 2. The molecule has 3 rings (SSSR count). The molecule has 35 heavy (non-hydrogen) atoms. The Morgan fingerprint density at radius 3 is 2.03 bits per heavy atom. The summed E-state index contributed by atoms with van der Waals surface area (Å²) in [7, 11) is 2.29. The lowest BCUT2D eigenvalue weighted by atomic mass is 10.1. The number of amides is 1. The number of ether oxygens (including phenoxy) is 2. The number of hydrazine groups is 1. The van der Waals surface area contributed by atoms with Crippen molar-refractivity contribution < 1.29 is 33.2 Å². The van der Waals surface area contributed by atoms with E-state index in [9.17, 15) is 28.9 Å². The zero-order valence-corrected chi connectivity index (χ0v) is 18.2. The first-order chi connectivity index (χ1) is 16.7. The van der Waals surface area contributed by atoms with Crippen molar-refractivity contribution >= 4 is 40.9 Å². The van der Waals surface area contributed by atoms with Crippen molar-refractivity contribution in [2.75, 3.05) is 25.0 Å². The van der Waals surface area contributed by atoms with Crippen LogP contribution in [0.5, 0.6) is 0 Å². The number of hydrogen-bond donors (Lipinski definition) is 3. The molecule has 0 radical (unpaired) electrons. The van der Waals surface area contributed by atoms with Gasteiger partial charge in [-0.15, -0.1) is 0 Å². The minimum Gasteiger partial charge on any atom is -0.465 e. The Morgan fingerprint density at radius 2 is 1.49 bits per heavy atom. The van der Waals surface area contributed by atoms with Gasteiger partial charge in [0, 0.05) is 11.3 Å². The molecule has 0 aliphatic rings. The molecule has 1 heterocycles. The Morgan fingerprint density at radius 1 is 0.914 bits per heavy atom. The third kappa shape index (κ3) is 5.81. The summed E-state index contributed by atoms with van der Waals surface area (Å²) in [4.78, 5) is 54.8. The Kier molecular flexibility index (Phi) is 7.46. The molecule has 0 saturated heterocycles. The zero-order chi connectivity index (χ0) is 25.5. The van der Waals surface area contributed by atoms with E-state index < -0.39 is 34.3 Å². The second-order valence-corrected chi connectivity index (χ2v) is 6.67. The van der Waals surface area contributed by atoms with Gasteiger partial charge < -0.3 is 14.8 Å². The molecule has 14 heteroatoms. The molecule has 1 aromatic heterocycles. The molecular weight excluding hydrogens is 467 g/mol. The van der Waals surface area contributed by atoms with E-state index >= 15 is 0 Å². The number of nitrogens with one attached hydrogen (secondary N) is 3. The highest BCUT2D eigenvalue weighted by Gasteiger charge is 2.24. The fourth-order valence-corrected chi connectivity index (χ4v) is 2.83. The van der Waals surface area contributed by atoms with Crippen molar-refractivity contribution in [2.45, 2.75) is 0 Å². The van der Waals surface area contributed by atoms with Gasteiger partial charge in [0.1, 0.15) is 12.1 Å². The predicted octanol–water partition coefficient (Wildman–Crippen LogP) is 2.60. The number of hydrogen-bond acceptors (Lipinski definition) is 11. The predicted molar refractivity (Wildman–Crippen MR) is 119 cm³/mol. The molecule has 1 amide bonds. The molecule has 0 unspecified atom stereocenters. The Bertz CT molecular complexity index is 1270. The molecule has 0 atom stereocenters. The first-order valence-electron chi connectivity index (χ1n) is 9.63. The minimum atomic E-state index is -0.805. The highest BCUT2D eigenvalue weighted by atomic mass is 19.1. The maximum atomic E-state index is 13.0. The highest BCUT2D eigenvalue weighted by Crippen LogP contribution is 2.31. The maximum Gasteiger partial charge on any atom is 0.355 e. The lowest BCUT2D eigenvalue weighted by Gasteiger charge is -2.12. The summed E-state index contributed by atoms with van der Waals surface area (Å²) in [6.45, 7) is 0. The van der Waals surface area contributed by atoms with Gasteiger partial charge in [0.2, 0.25) is 11.6 Å². The Balaban J connectivity index is 1.92. The van der Waals surface area contributed by atoms with Gasteiger partial charge in [0.05, 0.1) is 30.3 Å². The maximum absolute atomic E-state index is 13.0. The first-order valence-corrected chi connectivity index (χ1v) is 9.63. The lowest BCUT2D eigenvalue weighted by Crippen LogP contribution is -2.30. The molecule has 0 spiro atoms. The molecule has 2 aromatic carbocycles. The molecule has 180 valence electrons. The van der Waals surface area contributed by atoms with E-state index in [1.807, 2.05) is 0 Å². The number of carbonyl (C=O) groups excluding carboxylic acids is 3. The number of nitro groups is 1. The number of benzene rings is 2. The third-order valence-corrected chi connectivity index (χ3v) is 4.44. The van der Waals surface area contributed by atoms with Gasteiger partial charge in [-0.3, -0.25) is 25.8 Å². The molecule has 0 aliphatic heterocycles. The number of rotatable bonds is 8. The van der Waals surface area contributed by atoms with Crippen LogP contribution in [0.4, 0.5) is 27.4 Å². The van der Waals surface area contributed by atoms with Crippen LogP contribution in [0.25, 0.3) is 0 Å². The van der Waals surface area contributed by atoms with Crippen LogP contribution in [0.2, 0.25) is 0 Å². The van der Waals surface area contributed by atoms with Gasteiger partial charge in [-0.1, -0.05) is 0 Å². The van der Waals surface area contributed by atoms with E-state index in [1.165, 1.54) is 30.3 Å². The van der Waals surface area contributed by atoms with E-state index in [1.54, 1.807) is 0 Å². The monoisotopic (exact) mass is 484 g/mol. The number of nitrogens with zero attached hydrogens (tertiary/aromatic N) is 3. The van der Waals surface area contributed by atoms with E-state index in [0.29, 0.717) is 0 Å². The van der Waals surface area contributed by atoms with Crippen molar-refractivity contribution in [3.8, 4) is 0 Å². The summed E-state index contributed by atoms with van der Waals surface area (Å²) in [5, 5.41) is 14.4. The van der Waals surface area contributed by atoms with Gasteiger partial charge in [-0.05, 0) is 42.5 Å². The van der Waals surface area contributed by atoms with E-state index in [0.717, 1.165) is 32.7 Å². The second kappa shape index (κ2) is 10.7. The largest absolute Gasteiger partial charge is 0.465 e. The SMILES string of the molecule is COC(=O)c1cc(Nc2ncnc(NNC(=O)c3ccc(F)cc3)c2[N+](=O)[O-])cc(C(=O)OC)c1. The fraction of sp³-hybridized carbons (Fsp3) is 0.0952. The van der Waals surface area contributed by atoms with Gasteiger partial charge in [-0.25, -0.2) is 23.9 Å². The second-order valence-electron chi connectivity index (χ2n) is 6.67. The third-order valence-electron chi connectivity index (χ3n) is 4.44. The smallest absolute Gasteiger partial charge is 0.355 e. The number of esters is 2. The van der Waals surface area contributed by atoms with Crippen LogP contribution in [0.1, 0.15) is 31.1 Å². The average Bonchev–Trinajstić information content (AvgIpc) is 2.86. The van der Waals surface area contributed by atoms with Gasteiger partial charge in [0.25, 0.3) is 5.91 Å². The first kappa shape index (κ1) is 24.5. The fourth-order valence-electron chi connectivity index (χ4n) is 2.83. The topological polar surface area (TPSA) is 175 Å². The zero-order valence-electron chi connectivity index (χ0n) is 18.2. The molecular formula is C21H17FN6O7. The van der Waals surface area contributed by atoms with Crippen LogP contribution < -0.4 is 16.2 Å². The summed E-state index contributed by atoms with van der Waals surface area (Å²) in [5.74, 6) is -3.46. The van der Waals surface area contributed by atoms with Crippen molar-refractivity contribution in [2.24, 2.45) is 0 Å². The summed E-state index contributed by atoms with van der Waals surface area (Å²) in [6, 6.07) is 8.41. The highest BCUT2D eigenvalue weighted by molar-refractivity contribution is 5.97. The lowest BCUT2D eigenvalue weighted by molar-refractivity contribution is -0.383. The standard InChI is InChI=1S/C21H17FN6O7/c1-34-20(30)12-7-13(21(31)35-2)9-15(8-12)25-17-16(28(32)33)18(24-10-23-17)26-27-19(29)11-3-5-14(22)6-4-11/h3-10H,1-2H3,(H,27,29)(H2,23,24,25,26). The van der Waals surface area contributed by atoms with Gasteiger partial charge in [0.15, 0.2) is 0 Å². The summed E-state index contributed by atoms with van der Waals surface area (Å²) in [5.41, 5.74) is 4.02. The molecule has 13 nitrogen and oxygen atoms in total. The van der Waals surface area contributed by atoms with Crippen LogP contribution in [-0.4, -0.2) is 47.0 Å². The van der Waals surface area contributed by atoms with Crippen LogP contribution in [-0.2, 0) is 9.47 Å². The number of carbonyl (C=O) groups is 3.